The maximum Gasteiger partial charge on any atom is 0.179 e. The van der Waals surface area contributed by atoms with Gasteiger partial charge in [0.15, 0.2) is 5.11 Å². The summed E-state index contributed by atoms with van der Waals surface area (Å²) in [5, 5.41) is 7.72. The first-order valence-corrected chi connectivity index (χ1v) is 1.62. The highest BCUT2D eigenvalue weighted by molar-refractivity contribution is 7.80. The van der Waals surface area contributed by atoms with Gasteiger partial charge in [0.05, 0.1) is 0 Å². The van der Waals surface area contributed by atoms with Crippen LogP contribution < -0.4 is 16.7 Å². The Morgan fingerprint density at radius 3 is 2.33 bits per heavy atom. The van der Waals surface area contributed by atoms with Gasteiger partial charge in [0, 0.05) is 0 Å². The van der Waals surface area contributed by atoms with Crippen LogP contribution in [0.2, 0.25) is 0 Å². The zero-order valence-corrected chi connectivity index (χ0v) is 3.75. The van der Waals surface area contributed by atoms with Gasteiger partial charge in [-0.05, 0) is 12.2 Å². The lowest BCUT2D eigenvalue weighted by molar-refractivity contribution is 0.145. The summed E-state index contributed by atoms with van der Waals surface area (Å²) in [5.41, 5.74) is 8.37. The highest BCUT2D eigenvalue weighted by atomic mass is 32.1. The summed E-state index contributed by atoms with van der Waals surface area (Å²) in [5.74, 6) is 0. The first kappa shape index (κ1) is 5.61. The SMILES string of the molecule is NC(=S)NNO. The van der Waals surface area contributed by atoms with Gasteiger partial charge in [-0.15, -0.1) is 5.59 Å². The van der Waals surface area contributed by atoms with E-state index in [0.717, 1.165) is 0 Å². The summed E-state index contributed by atoms with van der Waals surface area (Å²) >= 11 is 4.24. The van der Waals surface area contributed by atoms with Crippen molar-refractivity contribution in [1.29, 1.82) is 0 Å². The van der Waals surface area contributed by atoms with Gasteiger partial charge in [0.2, 0.25) is 0 Å². The highest BCUT2D eigenvalue weighted by Crippen LogP contribution is 1.43. The molecule has 0 bridgehead atoms. The van der Waals surface area contributed by atoms with Crippen molar-refractivity contribution in [2.75, 3.05) is 0 Å². The van der Waals surface area contributed by atoms with E-state index in [9.17, 15) is 0 Å². The van der Waals surface area contributed by atoms with E-state index in [2.05, 4.69) is 12.2 Å². The molecule has 0 aromatic heterocycles. The molecule has 0 saturated carbocycles. The van der Waals surface area contributed by atoms with Crippen LogP contribution in [0.1, 0.15) is 0 Å². The number of nitrogens with two attached hydrogens (primary N) is 1. The first-order chi connectivity index (χ1) is 2.77. The second-order valence-electron chi connectivity index (χ2n) is 0.601. The van der Waals surface area contributed by atoms with Crippen molar-refractivity contribution in [3.8, 4) is 0 Å². The van der Waals surface area contributed by atoms with Crippen molar-refractivity contribution in [2.45, 2.75) is 0 Å². The van der Waals surface area contributed by atoms with Crippen LogP contribution in [0.15, 0.2) is 0 Å². The van der Waals surface area contributed by atoms with Gasteiger partial charge < -0.3 is 5.73 Å². The lowest BCUT2D eigenvalue weighted by Crippen LogP contribution is -2.38. The molecule has 5 N–H and O–H groups in total. The molecule has 0 heterocycles. The maximum atomic E-state index is 7.71. The smallest absolute Gasteiger partial charge is 0.179 e. The van der Waals surface area contributed by atoms with E-state index in [1.165, 1.54) is 0 Å². The molecule has 0 rings (SSSR count). The van der Waals surface area contributed by atoms with Crippen LogP contribution in [0.5, 0.6) is 0 Å². The van der Waals surface area contributed by atoms with Gasteiger partial charge in [0.1, 0.15) is 0 Å². The Hall–Kier alpha value is -0.390. The summed E-state index contributed by atoms with van der Waals surface area (Å²) in [4.78, 5) is 0. The van der Waals surface area contributed by atoms with Crippen LogP contribution in [-0.4, -0.2) is 10.3 Å². The van der Waals surface area contributed by atoms with Crippen molar-refractivity contribution < 1.29 is 5.21 Å². The molecule has 0 aromatic carbocycles. The Balaban J connectivity index is 2.83. The fraction of sp³-hybridized carbons (Fsp3) is 0. The normalized spacial score (nSPS) is 7.50. The molecule has 6 heavy (non-hydrogen) atoms. The Morgan fingerprint density at radius 2 is 2.33 bits per heavy atom. The largest absolute Gasteiger partial charge is 0.375 e. The molecule has 0 aliphatic rings. The lowest BCUT2D eigenvalue weighted by atomic mass is 11.2. The molecule has 5 heteroatoms. The molecular formula is CH5N3OS. The number of nitrogens with one attached hydrogen (secondary N) is 2. The summed E-state index contributed by atoms with van der Waals surface area (Å²) in [6, 6.07) is 0. The number of hydrogen-bond acceptors (Lipinski definition) is 3. The summed E-state index contributed by atoms with van der Waals surface area (Å²) in [7, 11) is 0. The van der Waals surface area contributed by atoms with E-state index in [-0.39, 0.29) is 5.11 Å². The predicted octanol–water partition coefficient (Wildman–Crippen LogP) is -1.29. The summed E-state index contributed by atoms with van der Waals surface area (Å²) < 4.78 is 0. The molecule has 0 aliphatic carbocycles. The topological polar surface area (TPSA) is 70.3 Å². The van der Waals surface area contributed by atoms with Crippen LogP contribution in [0.25, 0.3) is 0 Å². The Bertz CT molecular complexity index is 54.8. The molecule has 0 saturated heterocycles. The molecule has 0 unspecified atom stereocenters. The van der Waals surface area contributed by atoms with Gasteiger partial charge in [-0.2, -0.15) is 0 Å². The summed E-state index contributed by atoms with van der Waals surface area (Å²) in [6.07, 6.45) is 0. The molecule has 0 spiro atoms. The molecule has 0 aliphatic heterocycles. The van der Waals surface area contributed by atoms with Gasteiger partial charge in [-0.25, -0.2) is 0 Å². The molecule has 0 aromatic rings. The third-order valence-corrected chi connectivity index (χ3v) is 0.281. The molecule has 4 nitrogen and oxygen atoms in total. The molecule has 0 amide bonds. The van der Waals surface area contributed by atoms with Crippen molar-refractivity contribution in [2.24, 2.45) is 5.73 Å². The second-order valence-corrected chi connectivity index (χ2v) is 1.04. The third-order valence-electron chi connectivity index (χ3n) is 0.179. The predicted molar refractivity (Wildman–Crippen MR) is 24.8 cm³/mol. The number of hydrazine groups is 1. The fourth-order valence-electron chi connectivity index (χ4n) is 0.0551. The minimum atomic E-state index is 0.0116. The number of rotatable bonds is 1. The van der Waals surface area contributed by atoms with Crippen LogP contribution in [0, 0.1) is 0 Å². The Kier molecular flexibility index (Phi) is 2.64. The number of hydrogen-bond donors (Lipinski definition) is 4. The first-order valence-electron chi connectivity index (χ1n) is 1.22. The van der Waals surface area contributed by atoms with Crippen LogP contribution in [0.4, 0.5) is 0 Å². The molecule has 0 fully saturated rings. The van der Waals surface area contributed by atoms with E-state index in [0.29, 0.717) is 0 Å². The molecule has 36 valence electrons. The minimum Gasteiger partial charge on any atom is -0.375 e. The van der Waals surface area contributed by atoms with E-state index in [1.807, 2.05) is 5.43 Å². The average Bonchev–Trinajstić information content (AvgIpc) is 1.35. The highest BCUT2D eigenvalue weighted by Gasteiger charge is 1.73. The van der Waals surface area contributed by atoms with Crippen molar-refractivity contribution in [1.82, 2.24) is 11.0 Å². The van der Waals surface area contributed by atoms with E-state index in [4.69, 9.17) is 10.9 Å². The summed E-state index contributed by atoms with van der Waals surface area (Å²) in [6.45, 7) is 0. The molecule has 0 atom stereocenters. The zero-order valence-electron chi connectivity index (χ0n) is 2.93. The van der Waals surface area contributed by atoms with Crippen LogP contribution in [0.3, 0.4) is 0 Å². The fourth-order valence-corrected chi connectivity index (χ4v) is 0.101. The zero-order chi connectivity index (χ0) is 4.99. The standard InChI is InChI=1S/CH5N3OS/c2-1(6)3-4-5/h4-5H,(H3,2,3,6). The van der Waals surface area contributed by atoms with Crippen molar-refractivity contribution in [3.63, 3.8) is 0 Å². The Morgan fingerprint density at radius 1 is 1.83 bits per heavy atom. The van der Waals surface area contributed by atoms with Gasteiger partial charge >= 0.3 is 0 Å². The second kappa shape index (κ2) is 2.83. The number of thiocarbonyl (C=S) groups is 1. The molecular weight excluding hydrogens is 102 g/mol. The maximum absolute atomic E-state index is 7.71. The third kappa shape index (κ3) is 3.61. The van der Waals surface area contributed by atoms with Crippen LogP contribution >= 0.6 is 12.2 Å². The molecule has 0 radical (unpaired) electrons. The Labute approximate surface area is 40.3 Å². The average molecular weight is 107 g/mol. The van der Waals surface area contributed by atoms with E-state index >= 15 is 0 Å². The minimum absolute atomic E-state index is 0.0116. The van der Waals surface area contributed by atoms with Crippen molar-refractivity contribution in [3.05, 3.63) is 0 Å². The van der Waals surface area contributed by atoms with Gasteiger partial charge in [-0.1, -0.05) is 0 Å². The lowest BCUT2D eigenvalue weighted by Gasteiger charge is -1.93. The van der Waals surface area contributed by atoms with Crippen LogP contribution in [-0.2, 0) is 0 Å². The monoisotopic (exact) mass is 107 g/mol. The van der Waals surface area contributed by atoms with Crippen molar-refractivity contribution >= 4 is 17.3 Å². The van der Waals surface area contributed by atoms with E-state index < -0.39 is 0 Å². The van der Waals surface area contributed by atoms with Gasteiger partial charge in [0.25, 0.3) is 0 Å². The quantitative estimate of drug-likeness (QED) is 0.248. The van der Waals surface area contributed by atoms with Gasteiger partial charge in [-0.3, -0.25) is 10.6 Å². The van der Waals surface area contributed by atoms with E-state index in [1.54, 1.807) is 5.59 Å².